The minimum Gasteiger partial charge on any atom is -0.339 e. The lowest BCUT2D eigenvalue weighted by Gasteiger charge is -2.20. The Labute approximate surface area is 123 Å². The summed E-state index contributed by atoms with van der Waals surface area (Å²) in [5, 5.41) is 7.94. The van der Waals surface area contributed by atoms with E-state index >= 15 is 0 Å². The standard InChI is InChI=1S/C17H16N4/c1-2-4-16-12(3-1)9-14(11-20-16)21-17-15-6-7-18-10-13(15)5-8-19-17/h1-5,8-9,11,18H,6-7,10H2,(H,19,21). The number of hydrogen-bond acceptors (Lipinski definition) is 4. The molecular formula is C17H16N4. The summed E-state index contributed by atoms with van der Waals surface area (Å²) in [5.74, 6) is 0.950. The number of pyridine rings is 2. The van der Waals surface area contributed by atoms with Gasteiger partial charge < -0.3 is 10.6 Å². The lowest BCUT2D eigenvalue weighted by molar-refractivity contribution is 0.642. The molecule has 0 amide bonds. The molecule has 0 unspecified atom stereocenters. The lowest BCUT2D eigenvalue weighted by atomic mass is 10.0. The zero-order valence-corrected chi connectivity index (χ0v) is 11.6. The largest absolute Gasteiger partial charge is 0.339 e. The molecule has 1 aromatic carbocycles. The Bertz CT molecular complexity index is 798. The Hall–Kier alpha value is -2.46. The monoisotopic (exact) mass is 276 g/mol. The zero-order valence-electron chi connectivity index (χ0n) is 11.6. The van der Waals surface area contributed by atoms with Crippen molar-refractivity contribution in [2.75, 3.05) is 11.9 Å². The maximum absolute atomic E-state index is 4.50. The third-order valence-electron chi connectivity index (χ3n) is 3.87. The van der Waals surface area contributed by atoms with Crippen molar-refractivity contribution in [3.63, 3.8) is 0 Å². The molecule has 0 saturated heterocycles. The van der Waals surface area contributed by atoms with Crippen LogP contribution in [0.25, 0.3) is 10.9 Å². The number of aromatic nitrogens is 2. The molecule has 3 heterocycles. The number of nitrogens with zero attached hydrogens (tertiary/aromatic N) is 2. The van der Waals surface area contributed by atoms with Crippen molar-refractivity contribution in [3.8, 4) is 0 Å². The number of para-hydroxylation sites is 1. The zero-order chi connectivity index (χ0) is 14.1. The Kier molecular flexibility index (Phi) is 3.01. The normalized spacial score (nSPS) is 13.9. The number of fused-ring (bicyclic) bond motifs is 2. The van der Waals surface area contributed by atoms with Crippen LogP contribution < -0.4 is 10.6 Å². The van der Waals surface area contributed by atoms with Crippen molar-refractivity contribution in [2.45, 2.75) is 13.0 Å². The van der Waals surface area contributed by atoms with Crippen LogP contribution in [0.5, 0.6) is 0 Å². The number of hydrogen-bond donors (Lipinski definition) is 2. The van der Waals surface area contributed by atoms with Crippen LogP contribution in [-0.2, 0) is 13.0 Å². The molecule has 1 aliphatic heterocycles. The number of rotatable bonds is 2. The van der Waals surface area contributed by atoms with Crippen molar-refractivity contribution in [1.82, 2.24) is 15.3 Å². The van der Waals surface area contributed by atoms with Gasteiger partial charge in [-0.25, -0.2) is 4.98 Å². The van der Waals surface area contributed by atoms with E-state index in [-0.39, 0.29) is 0 Å². The molecule has 4 rings (SSSR count). The summed E-state index contributed by atoms with van der Waals surface area (Å²) in [4.78, 5) is 8.99. The maximum Gasteiger partial charge on any atom is 0.133 e. The summed E-state index contributed by atoms with van der Waals surface area (Å²) in [6.45, 7) is 1.92. The highest BCUT2D eigenvalue weighted by atomic mass is 15.0. The van der Waals surface area contributed by atoms with Gasteiger partial charge >= 0.3 is 0 Å². The van der Waals surface area contributed by atoms with Crippen LogP contribution in [0.3, 0.4) is 0 Å². The van der Waals surface area contributed by atoms with E-state index in [4.69, 9.17) is 0 Å². The van der Waals surface area contributed by atoms with Gasteiger partial charge in [-0.3, -0.25) is 4.98 Å². The molecule has 2 N–H and O–H groups in total. The smallest absolute Gasteiger partial charge is 0.133 e. The maximum atomic E-state index is 4.50. The van der Waals surface area contributed by atoms with Gasteiger partial charge in [-0.05, 0) is 36.7 Å². The Morgan fingerprint density at radius 2 is 2.05 bits per heavy atom. The Morgan fingerprint density at radius 3 is 3.05 bits per heavy atom. The fraction of sp³-hybridized carbons (Fsp3) is 0.176. The first-order valence-corrected chi connectivity index (χ1v) is 7.19. The predicted octanol–water partition coefficient (Wildman–Crippen LogP) is 3.02. The Balaban J connectivity index is 1.71. The minimum atomic E-state index is 0.919. The predicted molar refractivity (Wildman–Crippen MR) is 84.7 cm³/mol. The summed E-state index contributed by atoms with van der Waals surface area (Å²) in [5.41, 5.74) is 4.63. The van der Waals surface area contributed by atoms with E-state index in [0.717, 1.165) is 41.9 Å². The van der Waals surface area contributed by atoms with Gasteiger partial charge in [0.05, 0.1) is 17.4 Å². The van der Waals surface area contributed by atoms with Crippen molar-refractivity contribution < 1.29 is 0 Å². The van der Waals surface area contributed by atoms with Gasteiger partial charge in [0.2, 0.25) is 0 Å². The second-order valence-corrected chi connectivity index (χ2v) is 5.27. The van der Waals surface area contributed by atoms with Gasteiger partial charge in [0.15, 0.2) is 0 Å². The van der Waals surface area contributed by atoms with Crippen molar-refractivity contribution in [3.05, 3.63) is 59.9 Å². The molecule has 21 heavy (non-hydrogen) atoms. The molecule has 0 aliphatic carbocycles. The molecule has 0 saturated carbocycles. The van der Waals surface area contributed by atoms with Crippen LogP contribution in [0.15, 0.2) is 48.8 Å². The highest BCUT2D eigenvalue weighted by Gasteiger charge is 2.13. The van der Waals surface area contributed by atoms with Crippen LogP contribution in [0.1, 0.15) is 11.1 Å². The first-order valence-electron chi connectivity index (χ1n) is 7.19. The quantitative estimate of drug-likeness (QED) is 0.755. The number of nitrogens with one attached hydrogen (secondary N) is 2. The summed E-state index contributed by atoms with van der Waals surface area (Å²) in [6, 6.07) is 12.3. The van der Waals surface area contributed by atoms with Crippen LogP contribution in [0.2, 0.25) is 0 Å². The van der Waals surface area contributed by atoms with Crippen LogP contribution in [0.4, 0.5) is 11.5 Å². The molecule has 2 aromatic heterocycles. The molecule has 0 bridgehead atoms. The van der Waals surface area contributed by atoms with E-state index in [1.165, 1.54) is 11.1 Å². The first-order chi connectivity index (χ1) is 10.4. The van der Waals surface area contributed by atoms with Crippen molar-refractivity contribution in [2.24, 2.45) is 0 Å². The average Bonchev–Trinajstić information content (AvgIpc) is 2.55. The van der Waals surface area contributed by atoms with E-state index in [1.54, 1.807) is 0 Å². The van der Waals surface area contributed by atoms with Gasteiger partial charge in [0, 0.05) is 23.7 Å². The Morgan fingerprint density at radius 1 is 1.10 bits per heavy atom. The lowest BCUT2D eigenvalue weighted by Crippen LogP contribution is -2.24. The molecule has 0 spiro atoms. The van der Waals surface area contributed by atoms with Crippen molar-refractivity contribution >= 4 is 22.4 Å². The number of anilines is 2. The van der Waals surface area contributed by atoms with E-state index in [9.17, 15) is 0 Å². The second-order valence-electron chi connectivity index (χ2n) is 5.27. The third kappa shape index (κ3) is 2.34. The van der Waals surface area contributed by atoms with E-state index < -0.39 is 0 Å². The summed E-state index contributed by atoms with van der Waals surface area (Å²) in [7, 11) is 0. The molecule has 0 fully saturated rings. The van der Waals surface area contributed by atoms with Crippen LogP contribution >= 0.6 is 0 Å². The highest BCUT2D eigenvalue weighted by molar-refractivity contribution is 5.82. The van der Waals surface area contributed by atoms with Gasteiger partial charge in [0.25, 0.3) is 0 Å². The second kappa shape index (κ2) is 5.14. The average molecular weight is 276 g/mol. The van der Waals surface area contributed by atoms with E-state index in [2.05, 4.69) is 38.8 Å². The van der Waals surface area contributed by atoms with Gasteiger partial charge in [-0.2, -0.15) is 0 Å². The minimum absolute atomic E-state index is 0.919. The van der Waals surface area contributed by atoms with Crippen LogP contribution in [-0.4, -0.2) is 16.5 Å². The van der Waals surface area contributed by atoms with Crippen LogP contribution in [0, 0.1) is 0 Å². The van der Waals surface area contributed by atoms with Gasteiger partial charge in [-0.15, -0.1) is 0 Å². The van der Waals surface area contributed by atoms with Gasteiger partial charge in [0.1, 0.15) is 5.82 Å². The van der Waals surface area contributed by atoms with E-state index in [0.29, 0.717) is 0 Å². The first kappa shape index (κ1) is 12.3. The molecule has 104 valence electrons. The van der Waals surface area contributed by atoms with Gasteiger partial charge in [-0.1, -0.05) is 18.2 Å². The molecule has 3 aromatic rings. The fourth-order valence-electron chi connectivity index (χ4n) is 2.80. The molecule has 0 radical (unpaired) electrons. The summed E-state index contributed by atoms with van der Waals surface area (Å²) < 4.78 is 0. The topological polar surface area (TPSA) is 49.8 Å². The van der Waals surface area contributed by atoms with Crippen molar-refractivity contribution in [1.29, 1.82) is 0 Å². The summed E-state index contributed by atoms with van der Waals surface area (Å²) in [6.07, 6.45) is 4.74. The molecule has 1 aliphatic rings. The van der Waals surface area contributed by atoms with E-state index in [1.807, 2.05) is 30.6 Å². The SMILES string of the molecule is c1ccc2ncc(Nc3nccc4c3CCNC4)cc2c1. The number of benzene rings is 1. The highest BCUT2D eigenvalue weighted by Crippen LogP contribution is 2.25. The summed E-state index contributed by atoms with van der Waals surface area (Å²) >= 11 is 0. The molecule has 0 atom stereocenters. The third-order valence-corrected chi connectivity index (χ3v) is 3.87. The molecule has 4 nitrogen and oxygen atoms in total. The fourth-order valence-corrected chi connectivity index (χ4v) is 2.80. The molecular weight excluding hydrogens is 260 g/mol. The molecule has 4 heteroatoms.